The average Bonchev–Trinajstić information content (AvgIpc) is 2.78. The van der Waals surface area contributed by atoms with E-state index >= 15 is 0 Å². The van der Waals surface area contributed by atoms with E-state index in [0.29, 0.717) is 0 Å². The Hall–Kier alpha value is -0.355. The molecule has 0 atom stereocenters. The van der Waals surface area contributed by atoms with Crippen LogP contribution in [0.25, 0.3) is 9.40 Å². The Balaban J connectivity index is 2.01. The fourth-order valence-electron chi connectivity index (χ4n) is 1.91. The van der Waals surface area contributed by atoms with Gasteiger partial charge in [0.2, 0.25) is 0 Å². The molecular weight excluding hydrogens is 251 g/mol. The van der Waals surface area contributed by atoms with Gasteiger partial charge in [0.05, 0.1) is 11.2 Å². The Kier molecular flexibility index (Phi) is 2.46. The van der Waals surface area contributed by atoms with Gasteiger partial charge in [0.1, 0.15) is 0 Å². The van der Waals surface area contributed by atoms with Gasteiger partial charge >= 0.3 is 7.12 Å². The molecule has 90 valence electrons. The molecule has 17 heavy (non-hydrogen) atoms. The summed E-state index contributed by atoms with van der Waals surface area (Å²) in [5.74, 6) is 0. The molecule has 0 amide bonds. The topological polar surface area (TPSA) is 18.5 Å². The van der Waals surface area contributed by atoms with Crippen molar-refractivity contribution in [3.63, 3.8) is 0 Å². The van der Waals surface area contributed by atoms with Crippen LogP contribution >= 0.6 is 22.7 Å². The Bertz CT molecular complexity index is 540. The first-order chi connectivity index (χ1) is 7.91. The van der Waals surface area contributed by atoms with Crippen molar-refractivity contribution in [3.8, 4) is 0 Å². The van der Waals surface area contributed by atoms with Gasteiger partial charge in [-0.3, -0.25) is 0 Å². The third kappa shape index (κ3) is 1.68. The lowest BCUT2D eigenvalue weighted by atomic mass is 9.81. The molecule has 1 aliphatic heterocycles. The monoisotopic (exact) mass is 266 g/mol. The highest BCUT2D eigenvalue weighted by Crippen LogP contribution is 2.38. The predicted molar refractivity (Wildman–Crippen MR) is 75.4 cm³/mol. The van der Waals surface area contributed by atoms with Gasteiger partial charge in [-0.05, 0) is 44.5 Å². The molecule has 0 aromatic carbocycles. The Morgan fingerprint density at radius 2 is 1.71 bits per heavy atom. The summed E-state index contributed by atoms with van der Waals surface area (Å²) in [6.07, 6.45) is 0. The Labute approximate surface area is 110 Å². The van der Waals surface area contributed by atoms with Gasteiger partial charge in [0, 0.05) is 14.9 Å². The van der Waals surface area contributed by atoms with E-state index in [-0.39, 0.29) is 18.3 Å². The van der Waals surface area contributed by atoms with Gasteiger partial charge in [0.15, 0.2) is 0 Å². The van der Waals surface area contributed by atoms with Crippen LogP contribution < -0.4 is 5.46 Å². The van der Waals surface area contributed by atoms with Crippen LogP contribution in [0.5, 0.6) is 0 Å². The van der Waals surface area contributed by atoms with Crippen LogP contribution in [0.2, 0.25) is 0 Å². The molecule has 3 heterocycles. The van der Waals surface area contributed by atoms with Crippen molar-refractivity contribution in [2.45, 2.75) is 38.9 Å². The summed E-state index contributed by atoms with van der Waals surface area (Å²) in [4.78, 5) is 0. The highest BCUT2D eigenvalue weighted by Gasteiger charge is 2.52. The van der Waals surface area contributed by atoms with E-state index in [2.05, 4.69) is 44.5 Å². The molecule has 0 bridgehead atoms. The summed E-state index contributed by atoms with van der Waals surface area (Å²) >= 11 is 3.52. The third-order valence-corrected chi connectivity index (χ3v) is 5.77. The Morgan fingerprint density at radius 1 is 1.06 bits per heavy atom. The van der Waals surface area contributed by atoms with Gasteiger partial charge in [0.25, 0.3) is 0 Å². The highest BCUT2D eigenvalue weighted by atomic mass is 32.1. The lowest BCUT2D eigenvalue weighted by Gasteiger charge is -2.32. The van der Waals surface area contributed by atoms with Crippen molar-refractivity contribution >= 4 is 44.7 Å². The first-order valence-corrected chi connectivity index (χ1v) is 7.47. The molecule has 0 N–H and O–H groups in total. The summed E-state index contributed by atoms with van der Waals surface area (Å²) in [6.45, 7) is 8.35. The second-order valence-electron chi connectivity index (χ2n) is 5.39. The summed E-state index contributed by atoms with van der Waals surface area (Å²) in [5, 5.41) is 4.28. The van der Waals surface area contributed by atoms with Gasteiger partial charge in [-0.2, -0.15) is 0 Å². The van der Waals surface area contributed by atoms with Gasteiger partial charge in [-0.15, -0.1) is 22.7 Å². The molecule has 2 aromatic rings. The number of rotatable bonds is 1. The summed E-state index contributed by atoms with van der Waals surface area (Å²) in [6, 6.07) is 2.15. The van der Waals surface area contributed by atoms with E-state index in [1.54, 1.807) is 22.7 Å². The zero-order chi connectivity index (χ0) is 12.3. The second kappa shape index (κ2) is 3.57. The minimum atomic E-state index is -0.261. The van der Waals surface area contributed by atoms with E-state index in [1.807, 2.05) is 0 Å². The zero-order valence-electron chi connectivity index (χ0n) is 10.4. The van der Waals surface area contributed by atoms with E-state index in [1.165, 1.54) is 14.9 Å². The van der Waals surface area contributed by atoms with Crippen LogP contribution in [0.3, 0.4) is 0 Å². The Morgan fingerprint density at radius 3 is 2.35 bits per heavy atom. The normalized spacial score (nSPS) is 22.5. The smallest absolute Gasteiger partial charge is 0.399 e. The van der Waals surface area contributed by atoms with Crippen molar-refractivity contribution in [3.05, 3.63) is 16.8 Å². The first-order valence-electron chi connectivity index (χ1n) is 5.71. The molecule has 2 aromatic heterocycles. The lowest BCUT2D eigenvalue weighted by Crippen LogP contribution is -2.41. The number of thiophene rings is 2. The van der Waals surface area contributed by atoms with Crippen LogP contribution in [-0.2, 0) is 9.31 Å². The number of fused-ring (bicyclic) bond motifs is 1. The molecule has 2 nitrogen and oxygen atoms in total. The molecule has 0 spiro atoms. The predicted octanol–water partition coefficient (Wildman–Crippen LogP) is 3.26. The molecule has 0 saturated carbocycles. The number of hydrogen-bond acceptors (Lipinski definition) is 4. The van der Waals surface area contributed by atoms with Crippen molar-refractivity contribution in [1.82, 2.24) is 0 Å². The van der Waals surface area contributed by atoms with Gasteiger partial charge < -0.3 is 9.31 Å². The molecule has 1 saturated heterocycles. The molecule has 0 unspecified atom stereocenters. The van der Waals surface area contributed by atoms with Crippen LogP contribution in [0, 0.1) is 0 Å². The maximum atomic E-state index is 6.08. The second-order valence-corrected chi connectivity index (χ2v) is 7.22. The third-order valence-electron chi connectivity index (χ3n) is 3.71. The van der Waals surface area contributed by atoms with E-state index in [9.17, 15) is 0 Å². The van der Waals surface area contributed by atoms with Gasteiger partial charge in [-0.1, -0.05) is 0 Å². The first kappa shape index (κ1) is 11.7. The molecular formula is C12H15BO2S2. The highest BCUT2D eigenvalue weighted by molar-refractivity contribution is 7.28. The molecule has 5 heteroatoms. The molecule has 0 radical (unpaired) electrons. The molecule has 0 aliphatic carbocycles. The molecule has 3 rings (SSSR count). The maximum absolute atomic E-state index is 6.08. The van der Waals surface area contributed by atoms with Crippen LogP contribution in [0.1, 0.15) is 27.7 Å². The standard InChI is InChI=1S/C12H15BO2S2/c1-11(2)12(3,4)15-13(14-11)8-7-17-9-5-6-16-10(8)9/h5-7H,1-4H3. The van der Waals surface area contributed by atoms with Gasteiger partial charge in [-0.25, -0.2) is 0 Å². The van der Waals surface area contributed by atoms with Crippen molar-refractivity contribution < 1.29 is 9.31 Å². The average molecular weight is 266 g/mol. The van der Waals surface area contributed by atoms with Crippen LogP contribution in [0.15, 0.2) is 16.8 Å². The van der Waals surface area contributed by atoms with Crippen molar-refractivity contribution in [1.29, 1.82) is 0 Å². The largest absolute Gasteiger partial charge is 0.497 e. The van der Waals surface area contributed by atoms with Crippen LogP contribution in [-0.4, -0.2) is 18.3 Å². The van der Waals surface area contributed by atoms with Crippen molar-refractivity contribution in [2.75, 3.05) is 0 Å². The zero-order valence-corrected chi connectivity index (χ0v) is 12.1. The maximum Gasteiger partial charge on any atom is 0.497 e. The summed E-state index contributed by atoms with van der Waals surface area (Å²) in [7, 11) is -0.229. The lowest BCUT2D eigenvalue weighted by molar-refractivity contribution is 0.00578. The molecule has 1 aliphatic rings. The fourth-order valence-corrected chi connectivity index (χ4v) is 4.03. The summed E-state index contributed by atoms with van der Waals surface area (Å²) in [5.41, 5.74) is 0.658. The van der Waals surface area contributed by atoms with E-state index < -0.39 is 0 Å². The SMILES string of the molecule is CC1(C)OB(c2csc3ccsc23)OC1(C)C. The van der Waals surface area contributed by atoms with Crippen LogP contribution in [0.4, 0.5) is 0 Å². The summed E-state index contributed by atoms with van der Waals surface area (Å²) < 4.78 is 14.8. The van der Waals surface area contributed by atoms with E-state index in [0.717, 1.165) is 0 Å². The minimum absolute atomic E-state index is 0.229. The molecule has 1 fully saturated rings. The quantitative estimate of drug-likeness (QED) is 0.737. The number of hydrogen-bond donors (Lipinski definition) is 0. The van der Waals surface area contributed by atoms with E-state index in [4.69, 9.17) is 9.31 Å². The minimum Gasteiger partial charge on any atom is -0.399 e. The fraction of sp³-hybridized carbons (Fsp3) is 0.500. The van der Waals surface area contributed by atoms with Crippen molar-refractivity contribution in [2.24, 2.45) is 0 Å².